The van der Waals surface area contributed by atoms with Gasteiger partial charge in [-0.1, -0.05) is 0 Å². The monoisotopic (exact) mass is 158 g/mol. The summed E-state index contributed by atoms with van der Waals surface area (Å²) in [4.78, 5) is 0. The summed E-state index contributed by atoms with van der Waals surface area (Å²) in [6, 6.07) is 0. The molecule has 4 atom stereocenters. The van der Waals surface area contributed by atoms with Crippen LogP contribution in [0.5, 0.6) is 0 Å². The highest BCUT2D eigenvalue weighted by Gasteiger charge is 2.38. The van der Waals surface area contributed by atoms with Crippen molar-refractivity contribution in [2.75, 3.05) is 13.2 Å². The van der Waals surface area contributed by atoms with E-state index in [4.69, 9.17) is 4.74 Å². The Kier molecular flexibility index (Phi) is 1.87. The van der Waals surface area contributed by atoms with Crippen LogP contribution in [0.1, 0.15) is 12.8 Å². The third-order valence-electron chi connectivity index (χ3n) is 2.86. The molecule has 2 fully saturated rings. The lowest BCUT2D eigenvalue weighted by atomic mass is 9.79. The first-order valence-electron chi connectivity index (χ1n) is 4.21. The molecule has 3 heteroatoms. The maximum absolute atomic E-state index is 9.32. The molecule has 64 valence electrons. The lowest BCUT2D eigenvalue weighted by Crippen LogP contribution is -2.38. The van der Waals surface area contributed by atoms with Crippen molar-refractivity contribution < 1.29 is 14.9 Å². The molecule has 0 amide bonds. The van der Waals surface area contributed by atoms with Crippen LogP contribution in [0.3, 0.4) is 0 Å². The van der Waals surface area contributed by atoms with Crippen LogP contribution in [0.2, 0.25) is 0 Å². The second-order valence-corrected chi connectivity index (χ2v) is 3.66. The van der Waals surface area contributed by atoms with Gasteiger partial charge in [-0.2, -0.15) is 0 Å². The van der Waals surface area contributed by atoms with E-state index < -0.39 is 12.2 Å². The summed E-state index contributed by atoms with van der Waals surface area (Å²) in [5, 5.41) is 18.6. The van der Waals surface area contributed by atoms with Gasteiger partial charge in [0, 0.05) is 13.2 Å². The number of fused-ring (bicyclic) bond motifs is 1. The molecule has 1 aliphatic carbocycles. The van der Waals surface area contributed by atoms with E-state index in [1.807, 2.05) is 0 Å². The van der Waals surface area contributed by atoms with Crippen molar-refractivity contribution in [1.29, 1.82) is 0 Å². The highest BCUT2D eigenvalue weighted by Crippen LogP contribution is 2.34. The number of hydrogen-bond acceptors (Lipinski definition) is 3. The maximum Gasteiger partial charge on any atom is 0.0802 e. The molecule has 0 aromatic carbocycles. The Morgan fingerprint density at radius 2 is 1.36 bits per heavy atom. The zero-order valence-corrected chi connectivity index (χ0v) is 6.44. The van der Waals surface area contributed by atoms with Gasteiger partial charge in [-0.05, 0) is 24.7 Å². The average molecular weight is 158 g/mol. The molecule has 0 aromatic rings. The molecule has 1 saturated carbocycles. The fourth-order valence-electron chi connectivity index (χ4n) is 2.10. The van der Waals surface area contributed by atoms with Crippen molar-refractivity contribution >= 4 is 0 Å². The first kappa shape index (κ1) is 7.53. The molecule has 0 bridgehead atoms. The molecule has 4 unspecified atom stereocenters. The lowest BCUT2D eigenvalue weighted by molar-refractivity contribution is -0.0372. The Balaban J connectivity index is 2.00. The van der Waals surface area contributed by atoms with Gasteiger partial charge < -0.3 is 14.9 Å². The fraction of sp³-hybridized carbons (Fsp3) is 1.00. The van der Waals surface area contributed by atoms with E-state index in [1.54, 1.807) is 0 Å². The summed E-state index contributed by atoms with van der Waals surface area (Å²) in [7, 11) is 0. The zero-order valence-electron chi connectivity index (χ0n) is 6.44. The number of aliphatic hydroxyl groups excluding tert-OH is 2. The first-order chi connectivity index (χ1) is 5.27. The molecular formula is C8H14O3. The highest BCUT2D eigenvalue weighted by molar-refractivity contribution is 4.87. The van der Waals surface area contributed by atoms with E-state index in [2.05, 4.69) is 0 Å². The second-order valence-electron chi connectivity index (χ2n) is 3.66. The zero-order chi connectivity index (χ0) is 7.84. The van der Waals surface area contributed by atoms with Crippen molar-refractivity contribution in [3.63, 3.8) is 0 Å². The fourth-order valence-corrected chi connectivity index (χ4v) is 2.10. The van der Waals surface area contributed by atoms with E-state index in [0.717, 1.165) is 13.2 Å². The molecule has 0 radical (unpaired) electrons. The van der Waals surface area contributed by atoms with Crippen LogP contribution >= 0.6 is 0 Å². The van der Waals surface area contributed by atoms with Gasteiger partial charge >= 0.3 is 0 Å². The first-order valence-corrected chi connectivity index (χ1v) is 4.21. The van der Waals surface area contributed by atoms with Crippen LogP contribution in [0, 0.1) is 11.8 Å². The molecule has 2 N–H and O–H groups in total. The van der Waals surface area contributed by atoms with Gasteiger partial charge in [0.15, 0.2) is 0 Å². The Morgan fingerprint density at radius 3 is 1.82 bits per heavy atom. The molecule has 0 spiro atoms. The molecular weight excluding hydrogens is 144 g/mol. The van der Waals surface area contributed by atoms with Gasteiger partial charge in [-0.25, -0.2) is 0 Å². The SMILES string of the molecule is OC1CC2COCC2CC1O. The Morgan fingerprint density at radius 1 is 0.909 bits per heavy atom. The Bertz CT molecular complexity index is 132. The third-order valence-corrected chi connectivity index (χ3v) is 2.86. The van der Waals surface area contributed by atoms with Crippen LogP contribution < -0.4 is 0 Å². The van der Waals surface area contributed by atoms with E-state index in [-0.39, 0.29) is 0 Å². The number of ether oxygens (including phenoxy) is 1. The molecule has 2 aliphatic rings. The van der Waals surface area contributed by atoms with Crippen molar-refractivity contribution in [3.8, 4) is 0 Å². The highest BCUT2D eigenvalue weighted by atomic mass is 16.5. The lowest BCUT2D eigenvalue weighted by Gasteiger charge is -2.31. The number of rotatable bonds is 0. The van der Waals surface area contributed by atoms with Gasteiger partial charge in [0.1, 0.15) is 0 Å². The van der Waals surface area contributed by atoms with Gasteiger partial charge in [0.2, 0.25) is 0 Å². The summed E-state index contributed by atoms with van der Waals surface area (Å²) >= 11 is 0. The van der Waals surface area contributed by atoms with E-state index in [9.17, 15) is 10.2 Å². The predicted octanol–water partition coefficient (Wildman–Crippen LogP) is -0.235. The van der Waals surface area contributed by atoms with Crippen LogP contribution in [-0.4, -0.2) is 35.6 Å². The average Bonchev–Trinajstić information content (AvgIpc) is 2.36. The molecule has 2 rings (SSSR count). The van der Waals surface area contributed by atoms with E-state index >= 15 is 0 Å². The minimum absolute atomic E-state index is 0.494. The Labute approximate surface area is 66.0 Å². The van der Waals surface area contributed by atoms with Crippen molar-refractivity contribution in [1.82, 2.24) is 0 Å². The number of hydrogen-bond donors (Lipinski definition) is 2. The van der Waals surface area contributed by atoms with Crippen molar-refractivity contribution in [2.45, 2.75) is 25.0 Å². The van der Waals surface area contributed by atoms with Crippen LogP contribution in [0.15, 0.2) is 0 Å². The summed E-state index contributed by atoms with van der Waals surface area (Å²) in [5.41, 5.74) is 0. The van der Waals surface area contributed by atoms with Gasteiger partial charge in [-0.15, -0.1) is 0 Å². The van der Waals surface area contributed by atoms with E-state index in [0.29, 0.717) is 24.7 Å². The second kappa shape index (κ2) is 2.73. The number of aliphatic hydroxyl groups is 2. The minimum Gasteiger partial charge on any atom is -0.390 e. The maximum atomic E-state index is 9.32. The summed E-state index contributed by atoms with van der Waals surface area (Å²) in [5.74, 6) is 0.988. The Hall–Kier alpha value is -0.120. The predicted molar refractivity (Wildman–Crippen MR) is 39.0 cm³/mol. The molecule has 1 aliphatic heterocycles. The minimum atomic E-state index is -0.516. The van der Waals surface area contributed by atoms with Crippen LogP contribution in [0.4, 0.5) is 0 Å². The molecule has 1 heterocycles. The largest absolute Gasteiger partial charge is 0.390 e. The standard InChI is InChI=1S/C8H14O3/c9-7-1-5-3-11-4-6(5)2-8(7)10/h5-10H,1-4H2. The van der Waals surface area contributed by atoms with Crippen molar-refractivity contribution in [3.05, 3.63) is 0 Å². The van der Waals surface area contributed by atoms with Gasteiger partial charge in [-0.3, -0.25) is 0 Å². The summed E-state index contributed by atoms with van der Waals surface area (Å²) in [6.45, 7) is 1.54. The van der Waals surface area contributed by atoms with Gasteiger partial charge in [0.25, 0.3) is 0 Å². The summed E-state index contributed by atoms with van der Waals surface area (Å²) < 4.78 is 5.27. The molecule has 0 aromatic heterocycles. The quantitative estimate of drug-likeness (QED) is 0.511. The smallest absolute Gasteiger partial charge is 0.0802 e. The topological polar surface area (TPSA) is 49.7 Å². The molecule has 1 saturated heterocycles. The normalized spacial score (nSPS) is 50.7. The van der Waals surface area contributed by atoms with Gasteiger partial charge in [0.05, 0.1) is 12.2 Å². The van der Waals surface area contributed by atoms with Crippen LogP contribution in [-0.2, 0) is 4.74 Å². The molecule has 3 nitrogen and oxygen atoms in total. The third kappa shape index (κ3) is 1.28. The van der Waals surface area contributed by atoms with Crippen LogP contribution in [0.25, 0.3) is 0 Å². The summed E-state index contributed by atoms with van der Waals surface area (Å²) in [6.07, 6.45) is 0.397. The molecule has 11 heavy (non-hydrogen) atoms. The van der Waals surface area contributed by atoms with Crippen molar-refractivity contribution in [2.24, 2.45) is 11.8 Å². The van der Waals surface area contributed by atoms with E-state index in [1.165, 1.54) is 0 Å².